The van der Waals surface area contributed by atoms with Gasteiger partial charge in [-0.25, -0.2) is 0 Å². The average molecular weight is 295 g/mol. The van der Waals surface area contributed by atoms with Crippen LogP contribution in [0, 0.1) is 3.57 Å². The van der Waals surface area contributed by atoms with E-state index < -0.39 is 0 Å². The second-order valence-electron chi connectivity index (χ2n) is 2.98. The quantitative estimate of drug-likeness (QED) is 0.576. The van der Waals surface area contributed by atoms with Crippen molar-refractivity contribution in [3.63, 3.8) is 0 Å². The highest BCUT2D eigenvalue weighted by molar-refractivity contribution is 14.1. The first-order chi connectivity index (χ1) is 6.79. The molecule has 1 aromatic carbocycles. The van der Waals surface area contributed by atoms with Crippen molar-refractivity contribution in [2.24, 2.45) is 0 Å². The van der Waals surface area contributed by atoms with E-state index in [-0.39, 0.29) is 5.76 Å². The summed E-state index contributed by atoms with van der Waals surface area (Å²) >= 11 is 2.18. The van der Waals surface area contributed by atoms with Gasteiger partial charge in [0.25, 0.3) is 0 Å². The molecule has 0 aromatic heterocycles. The maximum Gasteiger partial charge on any atom is 0.0196 e. The van der Waals surface area contributed by atoms with Crippen molar-refractivity contribution in [1.29, 1.82) is 0 Å². The fourth-order valence-corrected chi connectivity index (χ4v) is 1.96. The molecule has 0 atom stereocenters. The summed E-state index contributed by atoms with van der Waals surface area (Å²) in [7, 11) is 0. The van der Waals surface area contributed by atoms with Gasteiger partial charge < -0.3 is 5.11 Å². The molecule has 0 saturated carbocycles. The molecular weight excluding hydrogens is 287 g/mol. The van der Waals surface area contributed by atoms with E-state index in [2.05, 4.69) is 22.6 Å². The van der Waals surface area contributed by atoms with E-state index in [0.29, 0.717) is 0 Å². The van der Waals surface area contributed by atoms with Crippen LogP contribution < -0.4 is 5.11 Å². The molecule has 0 radical (unpaired) electrons. The summed E-state index contributed by atoms with van der Waals surface area (Å²) < 4.78 is 0.997. The molecule has 0 aliphatic heterocycles. The van der Waals surface area contributed by atoms with Gasteiger partial charge in [-0.3, -0.25) is 0 Å². The highest BCUT2D eigenvalue weighted by atomic mass is 127. The monoisotopic (exact) mass is 295 g/mol. The lowest BCUT2D eigenvalue weighted by Crippen LogP contribution is -2.05. The van der Waals surface area contributed by atoms with Gasteiger partial charge in [0.05, 0.1) is 0 Å². The van der Waals surface area contributed by atoms with Gasteiger partial charge in [-0.05, 0) is 39.8 Å². The predicted octanol–water partition coefficient (Wildman–Crippen LogP) is 2.49. The van der Waals surface area contributed by atoms with E-state index >= 15 is 0 Å². The molecule has 14 heavy (non-hydrogen) atoms. The minimum Gasteiger partial charge on any atom is -0.872 e. The van der Waals surface area contributed by atoms with E-state index in [1.165, 1.54) is 0 Å². The smallest absolute Gasteiger partial charge is 0.0196 e. The summed E-state index contributed by atoms with van der Waals surface area (Å²) in [5, 5.41) is 11.9. The van der Waals surface area contributed by atoms with Crippen LogP contribution in [0.15, 0.2) is 54.1 Å². The van der Waals surface area contributed by atoms with Gasteiger partial charge >= 0.3 is 0 Å². The number of hydrogen-bond donors (Lipinski definition) is 0. The summed E-state index contributed by atoms with van der Waals surface area (Å²) in [5.74, 6) is 0.0972. The molecule has 1 nitrogen and oxygen atoms in total. The molecule has 0 bridgehead atoms. The lowest BCUT2D eigenvalue weighted by atomic mass is 10.1. The van der Waals surface area contributed by atoms with Gasteiger partial charge in [-0.2, -0.15) is 0 Å². The number of benzene rings is 1. The molecule has 0 spiro atoms. The Balaban J connectivity index is 2.51. The van der Waals surface area contributed by atoms with Crippen molar-refractivity contribution in [2.45, 2.75) is 0 Å². The molecule has 70 valence electrons. The highest BCUT2D eigenvalue weighted by Crippen LogP contribution is 2.22. The summed E-state index contributed by atoms with van der Waals surface area (Å²) in [5.41, 5.74) is 1.54. The fourth-order valence-electron chi connectivity index (χ4n) is 1.33. The standard InChI is InChI=1S/C12H9IO/c13-11-8-4-3-7-10(11)12(14)9-5-1-2-6-9/h1-8,14H/p-1. The number of rotatable bonds is 1. The Kier molecular flexibility index (Phi) is 2.72. The lowest BCUT2D eigenvalue weighted by molar-refractivity contribution is -0.244. The van der Waals surface area contributed by atoms with Crippen LogP contribution in [0.25, 0.3) is 5.76 Å². The normalized spacial score (nSPS) is 13.6. The first-order valence-electron chi connectivity index (χ1n) is 4.30. The van der Waals surface area contributed by atoms with Crippen molar-refractivity contribution < 1.29 is 5.11 Å². The number of hydrogen-bond acceptors (Lipinski definition) is 1. The van der Waals surface area contributed by atoms with E-state index in [0.717, 1.165) is 14.7 Å². The molecule has 0 fully saturated rings. The Morgan fingerprint density at radius 1 is 1.07 bits per heavy atom. The van der Waals surface area contributed by atoms with Crippen LogP contribution >= 0.6 is 22.6 Å². The minimum absolute atomic E-state index is 0.0972. The Morgan fingerprint density at radius 2 is 1.71 bits per heavy atom. The Labute approximate surface area is 96.6 Å². The van der Waals surface area contributed by atoms with Gasteiger partial charge in [0.2, 0.25) is 0 Å². The molecule has 2 heteroatoms. The molecule has 0 N–H and O–H groups in total. The van der Waals surface area contributed by atoms with Crippen molar-refractivity contribution in [3.8, 4) is 0 Å². The third-order valence-electron chi connectivity index (χ3n) is 2.04. The highest BCUT2D eigenvalue weighted by Gasteiger charge is 2.00. The van der Waals surface area contributed by atoms with Crippen LogP contribution in [0.2, 0.25) is 0 Å². The second kappa shape index (κ2) is 4.00. The van der Waals surface area contributed by atoms with Crippen molar-refractivity contribution in [3.05, 3.63) is 63.3 Å². The van der Waals surface area contributed by atoms with E-state index in [9.17, 15) is 5.11 Å². The molecule has 1 aliphatic carbocycles. The average Bonchev–Trinajstić information content (AvgIpc) is 2.70. The molecule has 0 amide bonds. The van der Waals surface area contributed by atoms with Crippen LogP contribution in [0.5, 0.6) is 0 Å². The van der Waals surface area contributed by atoms with E-state index in [1.54, 1.807) is 0 Å². The van der Waals surface area contributed by atoms with Gasteiger partial charge in [0.15, 0.2) is 0 Å². The summed E-state index contributed by atoms with van der Waals surface area (Å²) in [6.45, 7) is 0. The molecule has 1 aromatic rings. The largest absolute Gasteiger partial charge is 0.872 e. The third-order valence-corrected chi connectivity index (χ3v) is 2.98. The number of allylic oxidation sites excluding steroid dienone is 5. The van der Waals surface area contributed by atoms with Crippen molar-refractivity contribution in [2.75, 3.05) is 0 Å². The summed E-state index contributed by atoms with van der Waals surface area (Å²) in [6.07, 6.45) is 7.43. The lowest BCUT2D eigenvalue weighted by Gasteiger charge is -2.16. The third kappa shape index (κ3) is 1.75. The Hall–Kier alpha value is -1.03. The first kappa shape index (κ1) is 9.52. The molecule has 0 heterocycles. The van der Waals surface area contributed by atoms with Crippen molar-refractivity contribution in [1.82, 2.24) is 0 Å². The van der Waals surface area contributed by atoms with Crippen LogP contribution in [0.1, 0.15) is 5.56 Å². The predicted molar refractivity (Wildman–Crippen MR) is 64.4 cm³/mol. The first-order valence-corrected chi connectivity index (χ1v) is 5.38. The SMILES string of the molecule is [O-]C(=C1C=CC=C1)c1ccccc1I. The molecule has 0 unspecified atom stereocenters. The Bertz CT molecular complexity index is 427. The molecular formula is C12H8IO-. The van der Waals surface area contributed by atoms with Crippen LogP contribution in [0.3, 0.4) is 0 Å². The van der Waals surface area contributed by atoms with Crippen LogP contribution in [-0.2, 0) is 0 Å². The molecule has 1 aliphatic rings. The van der Waals surface area contributed by atoms with Gasteiger partial charge in [0, 0.05) is 3.57 Å². The molecule has 2 rings (SSSR count). The van der Waals surface area contributed by atoms with E-state index in [1.807, 2.05) is 48.6 Å². The Morgan fingerprint density at radius 3 is 2.36 bits per heavy atom. The van der Waals surface area contributed by atoms with E-state index in [4.69, 9.17) is 0 Å². The number of halogens is 1. The maximum atomic E-state index is 11.9. The van der Waals surface area contributed by atoms with Crippen molar-refractivity contribution >= 4 is 28.4 Å². The second-order valence-corrected chi connectivity index (χ2v) is 4.14. The van der Waals surface area contributed by atoms with Gasteiger partial charge in [-0.15, -0.1) is 0 Å². The zero-order chi connectivity index (χ0) is 9.97. The maximum absolute atomic E-state index is 11.9. The zero-order valence-corrected chi connectivity index (χ0v) is 9.56. The van der Waals surface area contributed by atoms with Gasteiger partial charge in [-0.1, -0.05) is 48.3 Å². The zero-order valence-electron chi connectivity index (χ0n) is 7.41. The minimum atomic E-state index is 0.0972. The van der Waals surface area contributed by atoms with Crippen LogP contribution in [0.4, 0.5) is 0 Å². The topological polar surface area (TPSA) is 23.1 Å². The summed E-state index contributed by atoms with van der Waals surface area (Å²) in [6, 6.07) is 7.62. The van der Waals surface area contributed by atoms with Gasteiger partial charge in [0.1, 0.15) is 0 Å². The summed E-state index contributed by atoms with van der Waals surface area (Å²) in [4.78, 5) is 0. The van der Waals surface area contributed by atoms with Crippen LogP contribution in [-0.4, -0.2) is 0 Å². The molecule has 0 saturated heterocycles. The fraction of sp³-hybridized carbons (Fsp3) is 0.